The molecule has 0 radical (unpaired) electrons. The molecule has 0 unspecified atom stereocenters. The van der Waals surface area contributed by atoms with Gasteiger partial charge in [-0.15, -0.1) is 11.8 Å². The summed E-state index contributed by atoms with van der Waals surface area (Å²) in [5.41, 5.74) is 1.37. The first-order valence-electron chi connectivity index (χ1n) is 3.37. The number of hydrogen-bond acceptors (Lipinski definition) is 3. The Morgan fingerprint density at radius 1 is 1.67 bits per heavy atom. The van der Waals surface area contributed by atoms with Crippen molar-refractivity contribution in [3.05, 3.63) is 22.8 Å². The minimum absolute atomic E-state index is 0.586. The van der Waals surface area contributed by atoms with Crippen LogP contribution in [0.5, 0.6) is 0 Å². The van der Waals surface area contributed by atoms with Crippen molar-refractivity contribution in [3.8, 4) is 0 Å². The summed E-state index contributed by atoms with van der Waals surface area (Å²) in [7, 11) is 0. The van der Waals surface area contributed by atoms with Gasteiger partial charge in [-0.2, -0.15) is 0 Å². The van der Waals surface area contributed by atoms with Crippen molar-refractivity contribution in [2.75, 3.05) is 5.88 Å². The van der Waals surface area contributed by atoms with E-state index in [1.807, 2.05) is 6.08 Å². The Morgan fingerprint density at radius 3 is 3.25 bits per heavy atom. The van der Waals surface area contributed by atoms with Crippen molar-refractivity contribution in [1.82, 2.24) is 5.32 Å². The van der Waals surface area contributed by atoms with Crippen LogP contribution in [0, 0.1) is 0 Å². The zero-order chi connectivity index (χ0) is 8.55. The first kappa shape index (κ1) is 7.42. The first-order chi connectivity index (χ1) is 5.77. The van der Waals surface area contributed by atoms with Gasteiger partial charge in [0.05, 0.1) is 17.3 Å². The molecule has 4 nitrogen and oxygen atoms in total. The molecule has 1 heterocycles. The fraction of sp³-hybridized carbons (Fsp3) is 0.143. The van der Waals surface area contributed by atoms with Crippen molar-refractivity contribution in [2.24, 2.45) is 4.99 Å². The van der Waals surface area contributed by atoms with E-state index < -0.39 is 6.09 Å². The molecule has 1 amide bonds. The van der Waals surface area contributed by atoms with Crippen LogP contribution in [-0.4, -0.2) is 22.8 Å². The van der Waals surface area contributed by atoms with Crippen molar-refractivity contribution in [3.63, 3.8) is 0 Å². The molecule has 12 heavy (non-hydrogen) atoms. The molecule has 2 rings (SSSR count). The highest BCUT2D eigenvalue weighted by Crippen LogP contribution is 2.31. The normalized spacial score (nSPS) is 19.5. The zero-order valence-corrected chi connectivity index (χ0v) is 6.89. The number of allylic oxidation sites excluding steroid dienone is 3. The van der Waals surface area contributed by atoms with Crippen LogP contribution < -0.4 is 5.32 Å². The molecule has 0 aromatic heterocycles. The number of carboxylic acid groups (broad SMARTS) is 1. The number of thioether (sulfide) groups is 1. The predicted octanol–water partition coefficient (Wildman–Crippen LogP) is 1.18. The van der Waals surface area contributed by atoms with Gasteiger partial charge >= 0.3 is 6.09 Å². The van der Waals surface area contributed by atoms with Gasteiger partial charge in [0.1, 0.15) is 0 Å². The highest BCUT2D eigenvalue weighted by molar-refractivity contribution is 8.04. The van der Waals surface area contributed by atoms with Crippen LogP contribution in [0.25, 0.3) is 0 Å². The maximum Gasteiger partial charge on any atom is 0.409 e. The molecule has 2 aliphatic rings. The third-order valence-electron chi connectivity index (χ3n) is 1.57. The number of aliphatic imine (C=N–C) groups is 1. The Labute approximate surface area is 73.1 Å². The quantitative estimate of drug-likeness (QED) is 0.640. The summed E-state index contributed by atoms with van der Waals surface area (Å²) in [6.07, 6.45) is 2.56. The van der Waals surface area contributed by atoms with Crippen LogP contribution in [0.3, 0.4) is 0 Å². The van der Waals surface area contributed by atoms with E-state index in [1.165, 1.54) is 0 Å². The summed E-state index contributed by atoms with van der Waals surface area (Å²) in [5.74, 6) is 0.694. The second-order valence-corrected chi connectivity index (χ2v) is 3.31. The second kappa shape index (κ2) is 2.67. The third kappa shape index (κ3) is 1.12. The summed E-state index contributed by atoms with van der Waals surface area (Å²) >= 11 is 1.62. The number of hydrogen-bond donors (Lipinski definition) is 2. The molecule has 0 spiro atoms. The van der Waals surface area contributed by atoms with E-state index in [2.05, 4.69) is 10.3 Å². The fourth-order valence-corrected chi connectivity index (χ4v) is 1.92. The van der Waals surface area contributed by atoms with Crippen molar-refractivity contribution >= 4 is 23.6 Å². The number of nitrogens with zero attached hydrogens (tertiary/aromatic N) is 1. The molecule has 1 aliphatic heterocycles. The van der Waals surface area contributed by atoms with Crippen molar-refractivity contribution in [2.45, 2.75) is 0 Å². The van der Waals surface area contributed by atoms with Gasteiger partial charge in [-0.3, -0.25) is 10.3 Å². The van der Waals surface area contributed by atoms with E-state index in [0.29, 0.717) is 11.6 Å². The molecule has 0 aromatic rings. The van der Waals surface area contributed by atoms with E-state index in [-0.39, 0.29) is 0 Å². The van der Waals surface area contributed by atoms with E-state index in [0.717, 1.165) is 10.6 Å². The number of fused-ring (bicyclic) bond motifs is 1. The molecule has 0 aromatic carbocycles. The number of nitrogens with one attached hydrogen (secondary N) is 1. The maximum absolute atomic E-state index is 10.3. The van der Waals surface area contributed by atoms with Crippen molar-refractivity contribution in [1.29, 1.82) is 0 Å². The maximum atomic E-state index is 10.3. The van der Waals surface area contributed by atoms with Gasteiger partial charge in [0.2, 0.25) is 0 Å². The standard InChI is InChI=1S/C7H6N2O2S/c10-7(11)9-4-1-2-5-6(4)8-3-12-5/h1-2,9H,3H2,(H,10,11). The number of amides is 1. The lowest BCUT2D eigenvalue weighted by Gasteiger charge is -2.01. The van der Waals surface area contributed by atoms with Crippen LogP contribution in [0.2, 0.25) is 0 Å². The molecule has 0 saturated heterocycles. The molecule has 5 heteroatoms. The second-order valence-electron chi connectivity index (χ2n) is 2.32. The van der Waals surface area contributed by atoms with Gasteiger partial charge < -0.3 is 5.11 Å². The van der Waals surface area contributed by atoms with E-state index in [4.69, 9.17) is 5.11 Å². The van der Waals surface area contributed by atoms with Gasteiger partial charge in [0.25, 0.3) is 0 Å². The van der Waals surface area contributed by atoms with Crippen LogP contribution in [0.4, 0.5) is 4.79 Å². The lowest BCUT2D eigenvalue weighted by atomic mass is 10.3. The molecule has 62 valence electrons. The predicted molar refractivity (Wildman–Crippen MR) is 47.2 cm³/mol. The monoisotopic (exact) mass is 182 g/mol. The van der Waals surface area contributed by atoms with Gasteiger partial charge in [0.15, 0.2) is 0 Å². The Hall–Kier alpha value is -1.23. The summed E-state index contributed by atoms with van der Waals surface area (Å²) in [5, 5.41) is 10.8. The molecule has 0 atom stereocenters. The Balaban J connectivity index is 2.17. The SMILES string of the molecule is O=C(O)NC1=CC=C2SCN=C12. The Morgan fingerprint density at radius 2 is 2.50 bits per heavy atom. The molecular weight excluding hydrogens is 176 g/mol. The summed E-state index contributed by atoms with van der Waals surface area (Å²) < 4.78 is 0. The molecule has 2 N–H and O–H groups in total. The first-order valence-corrected chi connectivity index (χ1v) is 4.36. The zero-order valence-electron chi connectivity index (χ0n) is 6.07. The Kier molecular flexibility index (Phi) is 1.65. The highest BCUT2D eigenvalue weighted by Gasteiger charge is 2.22. The van der Waals surface area contributed by atoms with Gasteiger partial charge in [-0.1, -0.05) is 0 Å². The average Bonchev–Trinajstić information content (AvgIpc) is 2.52. The van der Waals surface area contributed by atoms with Crippen LogP contribution >= 0.6 is 11.8 Å². The van der Waals surface area contributed by atoms with E-state index >= 15 is 0 Å². The molecule has 0 fully saturated rings. The van der Waals surface area contributed by atoms with Gasteiger partial charge in [0, 0.05) is 4.91 Å². The molecule has 0 saturated carbocycles. The average molecular weight is 182 g/mol. The highest BCUT2D eigenvalue weighted by atomic mass is 32.2. The smallest absolute Gasteiger partial charge is 0.409 e. The van der Waals surface area contributed by atoms with Crippen LogP contribution in [0.15, 0.2) is 27.7 Å². The topological polar surface area (TPSA) is 61.7 Å². The summed E-state index contributed by atoms with van der Waals surface area (Å²) in [6.45, 7) is 0. The lowest BCUT2D eigenvalue weighted by molar-refractivity contribution is 0.198. The summed E-state index contributed by atoms with van der Waals surface area (Å²) in [4.78, 5) is 15.5. The Bertz CT molecular complexity index is 330. The van der Waals surface area contributed by atoms with Crippen LogP contribution in [-0.2, 0) is 0 Å². The summed E-state index contributed by atoms with van der Waals surface area (Å²) in [6, 6.07) is 0. The molecule has 1 aliphatic carbocycles. The number of carbonyl (C=O) groups is 1. The van der Waals surface area contributed by atoms with Gasteiger partial charge in [-0.05, 0) is 12.2 Å². The lowest BCUT2D eigenvalue weighted by Crippen LogP contribution is -2.23. The fourth-order valence-electron chi connectivity index (χ4n) is 1.11. The van der Waals surface area contributed by atoms with Crippen molar-refractivity contribution < 1.29 is 9.90 Å². The molecule has 0 bridgehead atoms. The third-order valence-corrected chi connectivity index (χ3v) is 2.47. The largest absolute Gasteiger partial charge is 0.465 e. The number of rotatable bonds is 1. The minimum atomic E-state index is -1.05. The molecular formula is C7H6N2O2S. The van der Waals surface area contributed by atoms with Gasteiger partial charge in [-0.25, -0.2) is 4.79 Å². The van der Waals surface area contributed by atoms with E-state index in [9.17, 15) is 4.79 Å². The van der Waals surface area contributed by atoms with Crippen LogP contribution in [0.1, 0.15) is 0 Å². The minimum Gasteiger partial charge on any atom is -0.465 e. The van der Waals surface area contributed by atoms with E-state index in [1.54, 1.807) is 17.8 Å².